The number of rotatable bonds is 1. The van der Waals surface area contributed by atoms with E-state index in [9.17, 15) is 0 Å². The Bertz CT molecular complexity index is 452. The fourth-order valence-electron chi connectivity index (χ4n) is 1.24. The third kappa shape index (κ3) is 1.40. The minimum atomic E-state index is 0.410. The highest BCUT2D eigenvalue weighted by Gasteiger charge is 2.07. The summed E-state index contributed by atoms with van der Waals surface area (Å²) in [4.78, 5) is 7.12. The van der Waals surface area contributed by atoms with Crippen LogP contribution < -0.4 is 5.73 Å². The first-order chi connectivity index (χ1) is 6.22. The molecule has 0 radical (unpaired) electrons. The number of aromatic amines is 1. The number of hydrogen-bond donors (Lipinski definition) is 2. The zero-order chi connectivity index (χ0) is 9.42. The zero-order valence-corrected chi connectivity index (χ0v) is 8.98. The average molecular weight is 261 g/mol. The number of hydrogen-bond acceptors (Lipinski definition) is 2. The molecule has 5 heteroatoms. The van der Waals surface area contributed by atoms with E-state index in [-0.39, 0.29) is 0 Å². The number of nitrogens with two attached hydrogens (primary N) is 1. The van der Waals surface area contributed by atoms with E-state index < -0.39 is 0 Å². The van der Waals surface area contributed by atoms with Crippen molar-refractivity contribution in [1.82, 2.24) is 9.97 Å². The lowest BCUT2D eigenvalue weighted by atomic mass is 10.2. The molecule has 68 valence electrons. The molecule has 0 atom stereocenters. The summed E-state index contributed by atoms with van der Waals surface area (Å²) in [5, 5.41) is 0. The van der Waals surface area contributed by atoms with Crippen molar-refractivity contribution in [3.8, 4) is 0 Å². The van der Waals surface area contributed by atoms with Crippen LogP contribution >= 0.6 is 27.5 Å². The predicted octanol–water partition coefficient (Wildman–Crippen LogP) is 2.65. The number of imidazole rings is 1. The van der Waals surface area contributed by atoms with Crippen molar-refractivity contribution >= 4 is 44.5 Å². The van der Waals surface area contributed by atoms with Gasteiger partial charge in [0.15, 0.2) is 5.95 Å². The van der Waals surface area contributed by atoms with E-state index in [2.05, 4.69) is 25.9 Å². The second-order valence-corrected chi connectivity index (χ2v) is 3.81. The Kier molecular flexibility index (Phi) is 2.17. The maximum absolute atomic E-state index is 5.76. The molecule has 0 saturated heterocycles. The van der Waals surface area contributed by atoms with Gasteiger partial charge in [0, 0.05) is 10.4 Å². The van der Waals surface area contributed by atoms with Crippen molar-refractivity contribution in [1.29, 1.82) is 0 Å². The van der Waals surface area contributed by atoms with Gasteiger partial charge in [0.2, 0.25) is 0 Å². The molecule has 0 saturated carbocycles. The lowest BCUT2D eigenvalue weighted by Crippen LogP contribution is -1.84. The molecule has 0 aliphatic rings. The van der Waals surface area contributed by atoms with Gasteiger partial charge in [-0.2, -0.15) is 0 Å². The summed E-state index contributed by atoms with van der Waals surface area (Å²) in [6.07, 6.45) is 0. The van der Waals surface area contributed by atoms with Crippen LogP contribution in [0.25, 0.3) is 11.0 Å². The average Bonchev–Trinajstić information content (AvgIpc) is 2.48. The van der Waals surface area contributed by atoms with E-state index in [1.807, 2.05) is 12.1 Å². The van der Waals surface area contributed by atoms with Crippen molar-refractivity contribution in [2.45, 2.75) is 5.88 Å². The van der Waals surface area contributed by atoms with Gasteiger partial charge in [-0.1, -0.05) is 6.07 Å². The van der Waals surface area contributed by atoms with Gasteiger partial charge in [-0.3, -0.25) is 0 Å². The van der Waals surface area contributed by atoms with E-state index in [0.29, 0.717) is 11.8 Å². The number of aromatic nitrogens is 2. The molecule has 0 aliphatic heterocycles. The highest BCUT2D eigenvalue weighted by molar-refractivity contribution is 9.10. The van der Waals surface area contributed by atoms with Crippen molar-refractivity contribution in [2.75, 3.05) is 5.73 Å². The van der Waals surface area contributed by atoms with E-state index in [1.54, 1.807) is 0 Å². The van der Waals surface area contributed by atoms with Gasteiger partial charge in [0.1, 0.15) is 0 Å². The molecule has 1 aromatic carbocycles. The SMILES string of the molecule is Nc1nc2c(CCl)ccc(Br)c2[nH]1. The number of nitrogens with zero attached hydrogens (tertiary/aromatic N) is 1. The molecule has 0 bridgehead atoms. The van der Waals surface area contributed by atoms with E-state index in [1.165, 1.54) is 0 Å². The summed E-state index contributed by atoms with van der Waals surface area (Å²) >= 11 is 9.16. The summed E-state index contributed by atoms with van der Waals surface area (Å²) in [5.74, 6) is 0.849. The maximum atomic E-state index is 5.76. The molecule has 0 spiro atoms. The van der Waals surface area contributed by atoms with Crippen LogP contribution in [0.4, 0.5) is 5.95 Å². The summed E-state index contributed by atoms with van der Waals surface area (Å²) < 4.78 is 0.945. The van der Waals surface area contributed by atoms with Gasteiger partial charge < -0.3 is 10.7 Å². The van der Waals surface area contributed by atoms with Crippen molar-refractivity contribution in [3.63, 3.8) is 0 Å². The fraction of sp³-hybridized carbons (Fsp3) is 0.125. The van der Waals surface area contributed by atoms with Gasteiger partial charge >= 0.3 is 0 Å². The molecule has 2 aromatic rings. The highest BCUT2D eigenvalue weighted by atomic mass is 79.9. The minimum absolute atomic E-state index is 0.410. The molecule has 1 aromatic heterocycles. The first-order valence-electron chi connectivity index (χ1n) is 3.71. The van der Waals surface area contributed by atoms with E-state index >= 15 is 0 Å². The molecule has 3 N–H and O–H groups in total. The fourth-order valence-corrected chi connectivity index (χ4v) is 1.88. The Labute approximate surface area is 88.4 Å². The van der Waals surface area contributed by atoms with Crippen molar-refractivity contribution < 1.29 is 0 Å². The first-order valence-corrected chi connectivity index (χ1v) is 5.03. The molecular weight excluding hydrogens is 253 g/mol. The molecule has 2 rings (SSSR count). The molecular formula is C8H7BrClN3. The highest BCUT2D eigenvalue weighted by Crippen LogP contribution is 2.26. The first kappa shape index (κ1) is 8.84. The number of H-pyrrole nitrogens is 1. The number of nitrogens with one attached hydrogen (secondary N) is 1. The van der Waals surface area contributed by atoms with Crippen LogP contribution in [0, 0.1) is 0 Å². The molecule has 0 aliphatic carbocycles. The third-order valence-corrected chi connectivity index (χ3v) is 2.79. The maximum Gasteiger partial charge on any atom is 0.198 e. The summed E-state index contributed by atoms with van der Waals surface area (Å²) in [6, 6.07) is 3.86. The van der Waals surface area contributed by atoms with Crippen molar-refractivity contribution in [2.24, 2.45) is 0 Å². The minimum Gasteiger partial charge on any atom is -0.369 e. The lowest BCUT2D eigenvalue weighted by molar-refractivity contribution is 1.34. The largest absolute Gasteiger partial charge is 0.369 e. The Morgan fingerprint density at radius 1 is 1.54 bits per heavy atom. The van der Waals surface area contributed by atoms with E-state index in [4.69, 9.17) is 17.3 Å². The number of anilines is 1. The van der Waals surface area contributed by atoms with Crippen LogP contribution in [-0.2, 0) is 5.88 Å². The second-order valence-electron chi connectivity index (χ2n) is 2.69. The number of halogens is 2. The Morgan fingerprint density at radius 3 is 3.00 bits per heavy atom. The lowest BCUT2D eigenvalue weighted by Gasteiger charge is -1.97. The number of nitrogen functional groups attached to an aromatic ring is 1. The summed E-state index contributed by atoms with van der Waals surface area (Å²) in [6.45, 7) is 0. The van der Waals surface area contributed by atoms with E-state index in [0.717, 1.165) is 21.1 Å². The number of alkyl halides is 1. The van der Waals surface area contributed by atoms with Crippen LogP contribution in [0.1, 0.15) is 5.56 Å². The standard InChI is InChI=1S/C8H7BrClN3/c9-5-2-1-4(3-10)6-7(5)13-8(11)12-6/h1-2H,3H2,(H3,11,12,13). The summed E-state index contributed by atoms with van der Waals surface area (Å²) in [7, 11) is 0. The van der Waals surface area contributed by atoms with Crippen molar-refractivity contribution in [3.05, 3.63) is 22.2 Å². The smallest absolute Gasteiger partial charge is 0.198 e. The molecule has 3 nitrogen and oxygen atoms in total. The quantitative estimate of drug-likeness (QED) is 0.775. The molecule has 13 heavy (non-hydrogen) atoms. The van der Waals surface area contributed by atoms with Gasteiger partial charge in [0.25, 0.3) is 0 Å². The van der Waals surface area contributed by atoms with Crippen LogP contribution in [0.5, 0.6) is 0 Å². The van der Waals surface area contributed by atoms with Gasteiger partial charge in [0.05, 0.1) is 11.0 Å². The van der Waals surface area contributed by atoms with Gasteiger partial charge in [-0.05, 0) is 27.6 Å². The van der Waals surface area contributed by atoms with Crippen LogP contribution in [-0.4, -0.2) is 9.97 Å². The molecule has 0 fully saturated rings. The van der Waals surface area contributed by atoms with Gasteiger partial charge in [-0.15, -0.1) is 11.6 Å². The normalized spacial score (nSPS) is 10.9. The number of fused-ring (bicyclic) bond motifs is 1. The van der Waals surface area contributed by atoms with Crippen LogP contribution in [0.15, 0.2) is 16.6 Å². The zero-order valence-electron chi connectivity index (χ0n) is 6.64. The second kappa shape index (κ2) is 3.20. The monoisotopic (exact) mass is 259 g/mol. The Balaban J connectivity index is 2.83. The van der Waals surface area contributed by atoms with Crippen LogP contribution in [0.3, 0.4) is 0 Å². The molecule has 0 amide bonds. The topological polar surface area (TPSA) is 54.7 Å². The van der Waals surface area contributed by atoms with Gasteiger partial charge in [-0.25, -0.2) is 4.98 Å². The Morgan fingerprint density at radius 2 is 2.31 bits per heavy atom. The third-order valence-electron chi connectivity index (χ3n) is 1.84. The Hall–Kier alpha value is -0.740. The van der Waals surface area contributed by atoms with Crippen LogP contribution in [0.2, 0.25) is 0 Å². The predicted molar refractivity (Wildman–Crippen MR) is 57.8 cm³/mol. The molecule has 1 heterocycles. The number of benzene rings is 1. The summed E-state index contributed by atoms with van der Waals surface area (Å²) in [5.41, 5.74) is 8.27. The molecule has 0 unspecified atom stereocenters.